The van der Waals surface area contributed by atoms with Crippen LogP contribution in [0, 0.1) is 6.07 Å². The summed E-state index contributed by atoms with van der Waals surface area (Å²) >= 11 is 0. The van der Waals surface area contributed by atoms with Crippen molar-refractivity contribution in [3.8, 4) is 34.0 Å². The average molecular weight is 919 g/mol. The zero-order valence-electron chi connectivity index (χ0n) is 30.5. The van der Waals surface area contributed by atoms with Crippen molar-refractivity contribution in [2.75, 3.05) is 0 Å². The van der Waals surface area contributed by atoms with Crippen molar-refractivity contribution in [1.29, 1.82) is 0 Å². The third-order valence-corrected chi connectivity index (χ3v) is 10.5. The third kappa shape index (κ3) is 5.57. The molecular weight excluding hydrogens is 887 g/mol. The number of halogens is 3. The van der Waals surface area contributed by atoms with E-state index in [1.54, 1.807) is 22.9 Å². The number of hydrogen-bond donors (Lipinski definition) is 0. The summed E-state index contributed by atoms with van der Waals surface area (Å²) in [5.41, 5.74) is 7.02. The van der Waals surface area contributed by atoms with Gasteiger partial charge in [-0.2, -0.15) is 13.2 Å². The minimum Gasteiger partial charge on any atom is -0.656 e. The van der Waals surface area contributed by atoms with Crippen molar-refractivity contribution in [1.82, 2.24) is 24.1 Å². The normalized spacial score (nSPS) is 12.3. The zero-order chi connectivity index (χ0) is 37.6. The van der Waals surface area contributed by atoms with Crippen LogP contribution in [0.25, 0.3) is 88.7 Å². The van der Waals surface area contributed by atoms with Crippen LogP contribution in [0.1, 0.15) is 31.9 Å². The van der Waals surface area contributed by atoms with Crippen molar-refractivity contribution >= 4 is 54.6 Å². The molecule has 5 nitrogen and oxygen atoms in total. The van der Waals surface area contributed by atoms with Gasteiger partial charge in [-0.3, -0.25) is 4.57 Å². The van der Waals surface area contributed by atoms with E-state index in [1.807, 2.05) is 106 Å². The second-order valence-corrected chi connectivity index (χ2v) is 14.9. The van der Waals surface area contributed by atoms with Crippen molar-refractivity contribution < 1.29 is 34.2 Å². The number of imidazole rings is 1. The fourth-order valence-electron chi connectivity index (χ4n) is 7.92. The molecule has 0 bridgehead atoms. The molecule has 0 amide bonds. The molecule has 0 N–H and O–H groups in total. The summed E-state index contributed by atoms with van der Waals surface area (Å²) in [5.74, 6) is 1.24. The molecule has 4 aromatic heterocycles. The van der Waals surface area contributed by atoms with Crippen molar-refractivity contribution in [3.05, 3.63) is 157 Å². The van der Waals surface area contributed by atoms with Crippen LogP contribution in [0.2, 0.25) is 0 Å². The van der Waals surface area contributed by atoms with E-state index in [4.69, 9.17) is 9.97 Å². The average Bonchev–Trinajstić information content (AvgIpc) is 3.87. The van der Waals surface area contributed by atoms with Gasteiger partial charge in [0.2, 0.25) is 0 Å². The first-order chi connectivity index (χ1) is 26.6. The third-order valence-electron chi connectivity index (χ3n) is 10.5. The van der Waals surface area contributed by atoms with Crippen LogP contribution < -0.4 is 4.98 Å². The number of para-hydroxylation sites is 4. The fourth-order valence-corrected chi connectivity index (χ4v) is 7.92. The predicted octanol–water partition coefficient (Wildman–Crippen LogP) is 12.2. The molecule has 0 aliphatic carbocycles. The quantitative estimate of drug-likeness (QED) is 0.165. The maximum Gasteiger partial charge on any atom is 2.00 e. The van der Waals surface area contributed by atoms with E-state index < -0.39 is 17.2 Å². The monoisotopic (exact) mass is 918 g/mol. The largest absolute Gasteiger partial charge is 2.00 e. The summed E-state index contributed by atoms with van der Waals surface area (Å²) in [4.78, 5) is 15.1. The number of aromatic nitrogens is 5. The van der Waals surface area contributed by atoms with Crippen molar-refractivity contribution in [2.45, 2.75) is 32.4 Å². The fraction of sp³-hybridized carbons (Fsp3) is 0.106. The van der Waals surface area contributed by atoms with E-state index in [-0.39, 0.29) is 26.5 Å². The minimum absolute atomic E-state index is 0. The van der Waals surface area contributed by atoms with Crippen LogP contribution >= 0.6 is 0 Å². The summed E-state index contributed by atoms with van der Waals surface area (Å²) in [5, 5.41) is 2.70. The van der Waals surface area contributed by atoms with Crippen LogP contribution in [0.5, 0.6) is 0 Å². The van der Waals surface area contributed by atoms with Gasteiger partial charge in [-0.1, -0.05) is 111 Å². The van der Waals surface area contributed by atoms with E-state index in [0.717, 1.165) is 55.5 Å². The molecule has 0 aliphatic heterocycles. The number of hydrogen-bond acceptors (Lipinski definition) is 2. The summed E-state index contributed by atoms with van der Waals surface area (Å²) < 4.78 is 48.9. The molecule has 0 aliphatic rings. The van der Waals surface area contributed by atoms with E-state index in [1.165, 1.54) is 6.07 Å². The van der Waals surface area contributed by atoms with Crippen LogP contribution in [0.3, 0.4) is 0 Å². The van der Waals surface area contributed by atoms with E-state index in [2.05, 4.69) is 45.9 Å². The van der Waals surface area contributed by atoms with Gasteiger partial charge in [0.25, 0.3) is 0 Å². The first kappa shape index (κ1) is 35.7. The van der Waals surface area contributed by atoms with Gasteiger partial charge in [0.05, 0.1) is 16.6 Å². The Morgan fingerprint density at radius 3 is 2.16 bits per heavy atom. The van der Waals surface area contributed by atoms with Crippen molar-refractivity contribution in [3.63, 3.8) is 0 Å². The van der Waals surface area contributed by atoms with E-state index >= 15 is 0 Å². The van der Waals surface area contributed by atoms with Gasteiger partial charge in [0.1, 0.15) is 11.6 Å². The number of rotatable bonds is 4. The van der Waals surface area contributed by atoms with Gasteiger partial charge in [0, 0.05) is 23.0 Å². The Balaban J connectivity index is 0.00000410. The first-order valence-corrected chi connectivity index (χ1v) is 18.1. The Hall–Kier alpha value is -5.98. The molecule has 56 heavy (non-hydrogen) atoms. The Labute approximate surface area is 334 Å². The number of benzene rings is 6. The Morgan fingerprint density at radius 1 is 0.661 bits per heavy atom. The van der Waals surface area contributed by atoms with E-state index in [0.29, 0.717) is 33.4 Å². The minimum atomic E-state index is -4.58. The number of alkyl halides is 3. The standard InChI is InChI=1S/C47H32F3N5.Pt/c1-46(2,3)29-26-36(47(48,49)50)42-34-23-22-28(25-39(34)55(40(42)27-29)41-21-9-10-24-51-41)31-16-12-20-38-44(31)53-45(54(38)30-13-5-4-6-14-30)35-18-11-17-33-32-15-7-8-19-37(32)52-43(33)35;/h4-24,26-27H,1-3H3;/q-2;+2. The predicted molar refractivity (Wildman–Crippen MR) is 215 cm³/mol. The summed E-state index contributed by atoms with van der Waals surface area (Å²) in [6, 6.07) is 46.3. The van der Waals surface area contributed by atoms with Gasteiger partial charge < -0.3 is 9.55 Å². The summed E-state index contributed by atoms with van der Waals surface area (Å²) in [6.45, 7) is 5.77. The molecule has 10 rings (SSSR count). The second kappa shape index (κ2) is 13.1. The van der Waals surface area contributed by atoms with Gasteiger partial charge in [0.15, 0.2) is 0 Å². The van der Waals surface area contributed by atoms with E-state index in [9.17, 15) is 13.2 Å². The van der Waals surface area contributed by atoms with Gasteiger partial charge >= 0.3 is 27.2 Å². The van der Waals surface area contributed by atoms with Crippen LogP contribution in [0.4, 0.5) is 13.2 Å². The van der Waals surface area contributed by atoms with Crippen LogP contribution in [-0.2, 0) is 32.7 Å². The number of nitrogens with zero attached hydrogens (tertiary/aromatic N) is 5. The topological polar surface area (TPSA) is 49.7 Å². The molecule has 6 aromatic carbocycles. The molecule has 9 heteroatoms. The molecule has 0 radical (unpaired) electrons. The molecule has 0 atom stereocenters. The van der Waals surface area contributed by atoms with Crippen LogP contribution in [0.15, 0.2) is 140 Å². The second-order valence-electron chi connectivity index (χ2n) is 14.9. The zero-order valence-corrected chi connectivity index (χ0v) is 32.7. The van der Waals surface area contributed by atoms with Gasteiger partial charge in [-0.25, -0.2) is 9.97 Å². The SMILES string of the molecule is CC(C)(C)c1cc(C(F)(F)F)c2c3ccc(-c4cccc5c4nc(-c4cccc6c4[n-]c4ccccc46)n5-c4ccccc4)[c-]c3n(-c3ccccn3)c2c1.[Pt+2]. The Morgan fingerprint density at radius 2 is 1.39 bits per heavy atom. The molecule has 10 aromatic rings. The molecule has 0 saturated heterocycles. The van der Waals surface area contributed by atoms with Crippen molar-refractivity contribution in [2.24, 2.45) is 0 Å². The van der Waals surface area contributed by atoms with Gasteiger partial charge in [-0.15, -0.1) is 34.8 Å². The molecule has 0 fully saturated rings. The molecular formula is C47H32F3N5Pt. The number of pyridine rings is 1. The van der Waals surface area contributed by atoms with Crippen LogP contribution in [-0.4, -0.2) is 19.1 Å². The molecule has 0 saturated carbocycles. The smallest absolute Gasteiger partial charge is 0.656 e. The molecule has 0 unspecified atom stereocenters. The first-order valence-electron chi connectivity index (χ1n) is 18.1. The Kier molecular flexibility index (Phi) is 8.33. The molecule has 0 spiro atoms. The molecule has 276 valence electrons. The molecule has 4 heterocycles. The maximum absolute atomic E-state index is 15.0. The Bertz CT molecular complexity index is 3120. The number of fused-ring (bicyclic) bond motifs is 7. The summed E-state index contributed by atoms with van der Waals surface area (Å²) in [7, 11) is 0. The summed E-state index contributed by atoms with van der Waals surface area (Å²) in [6.07, 6.45) is -2.93. The maximum atomic E-state index is 15.0. The van der Waals surface area contributed by atoms with Gasteiger partial charge in [-0.05, 0) is 75.1 Å².